The zero-order valence-electron chi connectivity index (χ0n) is 7.74. The van der Waals surface area contributed by atoms with Crippen molar-refractivity contribution in [1.82, 2.24) is 4.98 Å². The molecule has 0 radical (unpaired) electrons. The fraction of sp³-hybridized carbons (Fsp3) is 0.400. The van der Waals surface area contributed by atoms with Gasteiger partial charge in [-0.1, -0.05) is 11.6 Å². The van der Waals surface area contributed by atoms with Crippen LogP contribution in [0.2, 0.25) is 5.15 Å². The molecule has 2 atom stereocenters. The molecule has 2 rings (SSSR count). The third kappa shape index (κ3) is 1.73. The molecule has 3 nitrogen and oxygen atoms in total. The second kappa shape index (κ2) is 3.58. The van der Waals surface area contributed by atoms with Crippen molar-refractivity contribution >= 4 is 17.6 Å². The zero-order chi connectivity index (χ0) is 10.1. The highest BCUT2D eigenvalue weighted by atomic mass is 35.5. The normalized spacial score (nSPS) is 24.4. The van der Waals surface area contributed by atoms with Crippen molar-refractivity contribution in [1.29, 1.82) is 0 Å². The topological polar surface area (TPSA) is 39.2 Å². The van der Waals surface area contributed by atoms with E-state index < -0.39 is 0 Å². The molecule has 0 amide bonds. The number of carbonyl (C=O) groups is 1. The molecular weight excluding hydrogens is 202 g/mol. The third-order valence-corrected chi connectivity index (χ3v) is 2.68. The van der Waals surface area contributed by atoms with E-state index in [0.29, 0.717) is 5.15 Å². The van der Waals surface area contributed by atoms with Crippen LogP contribution in [0, 0.1) is 5.92 Å². The first-order valence-electron chi connectivity index (χ1n) is 4.41. The summed E-state index contributed by atoms with van der Waals surface area (Å²) in [6.45, 7) is 0. The summed E-state index contributed by atoms with van der Waals surface area (Å²) in [5.74, 6) is 0.143. The van der Waals surface area contributed by atoms with Gasteiger partial charge in [-0.05, 0) is 30.0 Å². The minimum absolute atomic E-state index is 0.0125. The van der Waals surface area contributed by atoms with E-state index >= 15 is 0 Å². The molecule has 14 heavy (non-hydrogen) atoms. The van der Waals surface area contributed by atoms with E-state index in [2.05, 4.69) is 9.72 Å². The lowest BCUT2D eigenvalue weighted by Crippen LogP contribution is -2.03. The van der Waals surface area contributed by atoms with Crippen molar-refractivity contribution in [3.8, 4) is 0 Å². The average Bonchev–Trinajstić information content (AvgIpc) is 2.96. The number of methoxy groups -OCH3 is 1. The molecule has 0 spiro atoms. The van der Waals surface area contributed by atoms with Crippen LogP contribution in [0.5, 0.6) is 0 Å². The largest absolute Gasteiger partial charge is 0.469 e. The van der Waals surface area contributed by atoms with Gasteiger partial charge in [-0.15, -0.1) is 0 Å². The molecule has 1 saturated carbocycles. The number of ether oxygens (including phenoxy) is 1. The lowest BCUT2D eigenvalue weighted by Gasteiger charge is -1.99. The number of esters is 1. The Bertz CT molecular complexity index is 367. The van der Waals surface area contributed by atoms with E-state index in [-0.39, 0.29) is 17.8 Å². The molecule has 2 unspecified atom stereocenters. The van der Waals surface area contributed by atoms with Crippen molar-refractivity contribution in [2.24, 2.45) is 5.92 Å². The predicted molar refractivity (Wildman–Crippen MR) is 52.1 cm³/mol. The van der Waals surface area contributed by atoms with E-state index in [1.807, 2.05) is 6.07 Å². The summed E-state index contributed by atoms with van der Waals surface area (Å²) in [6, 6.07) is 3.69. The van der Waals surface area contributed by atoms with Gasteiger partial charge in [0.15, 0.2) is 0 Å². The van der Waals surface area contributed by atoms with Gasteiger partial charge in [0.25, 0.3) is 0 Å². The van der Waals surface area contributed by atoms with Crippen LogP contribution in [0.4, 0.5) is 0 Å². The van der Waals surface area contributed by atoms with Crippen molar-refractivity contribution in [2.45, 2.75) is 12.3 Å². The van der Waals surface area contributed by atoms with Crippen molar-refractivity contribution in [3.63, 3.8) is 0 Å². The van der Waals surface area contributed by atoms with Gasteiger partial charge in [0.1, 0.15) is 5.15 Å². The average molecular weight is 212 g/mol. The number of rotatable bonds is 2. The Balaban J connectivity index is 2.09. The number of aromatic nitrogens is 1. The zero-order valence-corrected chi connectivity index (χ0v) is 8.49. The molecule has 0 bridgehead atoms. The maximum absolute atomic E-state index is 11.2. The Morgan fingerprint density at radius 2 is 2.50 bits per heavy atom. The van der Waals surface area contributed by atoms with Gasteiger partial charge in [0, 0.05) is 6.20 Å². The number of hydrogen-bond donors (Lipinski definition) is 0. The first-order valence-corrected chi connectivity index (χ1v) is 4.79. The van der Waals surface area contributed by atoms with Crippen LogP contribution in [0.25, 0.3) is 0 Å². The van der Waals surface area contributed by atoms with Crippen LogP contribution in [0.1, 0.15) is 17.9 Å². The molecule has 1 aromatic rings. The van der Waals surface area contributed by atoms with Gasteiger partial charge in [-0.25, -0.2) is 4.98 Å². The molecule has 1 heterocycles. The maximum atomic E-state index is 11.2. The van der Waals surface area contributed by atoms with E-state index in [1.54, 1.807) is 12.3 Å². The highest BCUT2D eigenvalue weighted by Gasteiger charge is 2.44. The fourth-order valence-corrected chi connectivity index (χ4v) is 1.81. The van der Waals surface area contributed by atoms with Crippen LogP contribution < -0.4 is 0 Å². The number of carbonyl (C=O) groups excluding carboxylic acids is 1. The lowest BCUT2D eigenvalue weighted by atomic mass is 10.1. The smallest absolute Gasteiger partial charge is 0.309 e. The molecule has 1 aromatic heterocycles. The Morgan fingerprint density at radius 1 is 1.71 bits per heavy atom. The van der Waals surface area contributed by atoms with Gasteiger partial charge in [0.05, 0.1) is 13.0 Å². The molecule has 0 N–H and O–H groups in total. The standard InChI is InChI=1S/C10H10ClNO2/c1-14-10(13)8-5-7(8)6-2-3-12-9(11)4-6/h2-4,7-8H,5H2,1H3. The highest BCUT2D eigenvalue weighted by Crippen LogP contribution is 2.48. The Hall–Kier alpha value is -1.09. The fourth-order valence-electron chi connectivity index (χ4n) is 1.62. The first-order chi connectivity index (χ1) is 6.72. The van der Waals surface area contributed by atoms with Crippen LogP contribution in [0.3, 0.4) is 0 Å². The highest BCUT2D eigenvalue weighted by molar-refractivity contribution is 6.29. The van der Waals surface area contributed by atoms with E-state index in [9.17, 15) is 4.79 Å². The molecule has 0 aromatic carbocycles. The molecule has 0 aliphatic heterocycles. The Labute approximate surface area is 87.0 Å². The number of pyridine rings is 1. The Morgan fingerprint density at radius 3 is 3.14 bits per heavy atom. The summed E-state index contributed by atoms with van der Waals surface area (Å²) in [5, 5.41) is 0.470. The lowest BCUT2D eigenvalue weighted by molar-refractivity contribution is -0.142. The van der Waals surface area contributed by atoms with E-state index in [1.165, 1.54) is 7.11 Å². The summed E-state index contributed by atoms with van der Waals surface area (Å²) < 4.78 is 4.67. The van der Waals surface area contributed by atoms with Gasteiger partial charge in [0.2, 0.25) is 0 Å². The summed E-state index contributed by atoms with van der Waals surface area (Å²) in [7, 11) is 1.41. The molecule has 1 aliphatic rings. The minimum atomic E-state index is -0.136. The second-order valence-electron chi connectivity index (χ2n) is 3.38. The molecule has 1 aliphatic carbocycles. The maximum Gasteiger partial charge on any atom is 0.309 e. The van der Waals surface area contributed by atoms with E-state index in [4.69, 9.17) is 11.6 Å². The van der Waals surface area contributed by atoms with Crippen LogP contribution in [-0.2, 0) is 9.53 Å². The van der Waals surface area contributed by atoms with Gasteiger partial charge in [-0.3, -0.25) is 4.79 Å². The van der Waals surface area contributed by atoms with Crippen LogP contribution >= 0.6 is 11.6 Å². The number of hydrogen-bond acceptors (Lipinski definition) is 3. The monoisotopic (exact) mass is 211 g/mol. The quantitative estimate of drug-likeness (QED) is 0.555. The van der Waals surface area contributed by atoms with Crippen molar-refractivity contribution < 1.29 is 9.53 Å². The first kappa shape index (κ1) is 9.46. The second-order valence-corrected chi connectivity index (χ2v) is 3.77. The Kier molecular flexibility index (Phi) is 2.42. The predicted octanol–water partition coefficient (Wildman–Crippen LogP) is 2.01. The van der Waals surface area contributed by atoms with Crippen LogP contribution in [0.15, 0.2) is 18.3 Å². The molecule has 4 heteroatoms. The number of nitrogens with zero attached hydrogens (tertiary/aromatic N) is 1. The van der Waals surface area contributed by atoms with Gasteiger partial charge < -0.3 is 4.74 Å². The third-order valence-electron chi connectivity index (χ3n) is 2.47. The number of halogens is 1. The van der Waals surface area contributed by atoms with Gasteiger partial charge in [-0.2, -0.15) is 0 Å². The molecular formula is C10H10ClNO2. The summed E-state index contributed by atoms with van der Waals surface area (Å²) >= 11 is 5.75. The summed E-state index contributed by atoms with van der Waals surface area (Å²) in [5.41, 5.74) is 1.07. The van der Waals surface area contributed by atoms with Crippen molar-refractivity contribution in [2.75, 3.05) is 7.11 Å². The van der Waals surface area contributed by atoms with Gasteiger partial charge >= 0.3 is 5.97 Å². The molecule has 74 valence electrons. The SMILES string of the molecule is COC(=O)C1CC1c1ccnc(Cl)c1. The van der Waals surface area contributed by atoms with E-state index in [0.717, 1.165) is 12.0 Å². The summed E-state index contributed by atoms with van der Waals surface area (Å²) in [4.78, 5) is 15.1. The van der Waals surface area contributed by atoms with Crippen LogP contribution in [-0.4, -0.2) is 18.1 Å². The molecule has 0 saturated heterocycles. The minimum Gasteiger partial charge on any atom is -0.469 e. The molecule has 1 fully saturated rings. The van der Waals surface area contributed by atoms with Crippen molar-refractivity contribution in [3.05, 3.63) is 29.0 Å². The summed E-state index contributed by atoms with van der Waals surface area (Å²) in [6.07, 6.45) is 2.51.